The predicted octanol–water partition coefficient (Wildman–Crippen LogP) is 1.64. The van der Waals surface area contributed by atoms with E-state index in [9.17, 15) is 19.5 Å². The van der Waals surface area contributed by atoms with Crippen molar-refractivity contribution in [1.29, 1.82) is 0 Å². The number of hydrogen-bond acceptors (Lipinski definition) is 8. The molecule has 3 atom stereocenters. The van der Waals surface area contributed by atoms with Gasteiger partial charge in [-0.2, -0.15) is 0 Å². The fourth-order valence-corrected chi connectivity index (χ4v) is 2.77. The Morgan fingerprint density at radius 3 is 2.16 bits per heavy atom. The number of nitrogens with one attached hydrogen (secondary N) is 1. The molecular weight excluding hydrogens is 402 g/mol. The minimum Gasteiger partial charge on any atom is -0.508 e. The number of phenolic OH excluding ortho intramolecular Hbond substituents is 1. The molecule has 174 valence electrons. The van der Waals surface area contributed by atoms with E-state index < -0.39 is 48.2 Å². The molecule has 1 amide bonds. The highest BCUT2D eigenvalue weighted by Crippen LogP contribution is 2.12. The van der Waals surface area contributed by atoms with Crippen LogP contribution in [0.25, 0.3) is 0 Å². The average Bonchev–Trinajstić information content (AvgIpc) is 2.63. The number of nitrogens with two attached hydrogens (primary N) is 2. The first-order chi connectivity index (χ1) is 14.3. The lowest BCUT2D eigenvalue weighted by atomic mass is 9.99. The van der Waals surface area contributed by atoms with Gasteiger partial charge < -0.3 is 31.4 Å². The van der Waals surface area contributed by atoms with Gasteiger partial charge in [-0.25, -0.2) is 4.79 Å². The van der Waals surface area contributed by atoms with Gasteiger partial charge in [-0.3, -0.25) is 9.59 Å². The monoisotopic (exact) mass is 437 g/mol. The first-order valence-corrected chi connectivity index (χ1v) is 10.3. The number of rotatable bonds is 10. The number of carbonyl (C=O) groups is 3. The molecule has 1 aromatic rings. The van der Waals surface area contributed by atoms with Gasteiger partial charge in [0.2, 0.25) is 0 Å². The van der Waals surface area contributed by atoms with Crippen LogP contribution in [0.1, 0.15) is 46.6 Å². The number of alkyl carbamates (subject to hydrolysis) is 1. The third-order valence-electron chi connectivity index (χ3n) is 4.21. The lowest BCUT2D eigenvalue weighted by Crippen LogP contribution is -2.52. The first kappa shape index (κ1) is 26.4. The SMILES string of the molecule is CC(C)C[C@H](N)C(=O)OCC(NC(=O)OC(C)(C)C)C(=O)[C@@H](N)Cc1ccc(O)cc1. The summed E-state index contributed by atoms with van der Waals surface area (Å²) in [6.45, 7) is 8.49. The standard InChI is InChI=1S/C22H35N3O6/c1-13(2)10-17(24)20(28)30-12-18(25-21(29)31-22(3,4)5)19(27)16(23)11-14-6-8-15(26)9-7-14/h6-9,13,16-18,26H,10-12,23-24H2,1-5H3,(H,25,29)/t16-,17-,18?/m0/s1. The fraction of sp³-hybridized carbons (Fsp3) is 0.591. The zero-order chi connectivity index (χ0) is 23.8. The van der Waals surface area contributed by atoms with Crippen molar-refractivity contribution in [3.8, 4) is 5.75 Å². The van der Waals surface area contributed by atoms with Crippen molar-refractivity contribution in [3.05, 3.63) is 29.8 Å². The topological polar surface area (TPSA) is 154 Å². The summed E-state index contributed by atoms with van der Waals surface area (Å²) < 4.78 is 10.4. The molecule has 0 fully saturated rings. The van der Waals surface area contributed by atoms with Crippen molar-refractivity contribution in [2.45, 2.75) is 71.2 Å². The molecule has 0 spiro atoms. The lowest BCUT2D eigenvalue weighted by Gasteiger charge is -2.25. The molecule has 0 saturated heterocycles. The maximum absolute atomic E-state index is 12.9. The summed E-state index contributed by atoms with van der Waals surface area (Å²) in [5, 5.41) is 11.8. The molecule has 9 heteroatoms. The molecule has 1 rings (SSSR count). The Morgan fingerprint density at radius 1 is 1.06 bits per heavy atom. The highest BCUT2D eigenvalue weighted by atomic mass is 16.6. The van der Waals surface area contributed by atoms with Gasteiger partial charge in [0.1, 0.15) is 30.0 Å². The van der Waals surface area contributed by atoms with Crippen molar-refractivity contribution < 1.29 is 29.0 Å². The molecule has 6 N–H and O–H groups in total. The van der Waals surface area contributed by atoms with Crippen molar-refractivity contribution in [2.75, 3.05) is 6.61 Å². The third-order valence-corrected chi connectivity index (χ3v) is 4.21. The molecule has 1 unspecified atom stereocenters. The van der Waals surface area contributed by atoms with Crippen LogP contribution in [-0.2, 0) is 25.5 Å². The Bertz CT molecular complexity index is 743. The molecule has 0 aliphatic heterocycles. The minimum atomic E-state index is -1.20. The zero-order valence-corrected chi connectivity index (χ0v) is 18.9. The van der Waals surface area contributed by atoms with Crippen molar-refractivity contribution in [1.82, 2.24) is 5.32 Å². The van der Waals surface area contributed by atoms with E-state index in [2.05, 4.69) is 5.32 Å². The van der Waals surface area contributed by atoms with Crippen molar-refractivity contribution in [2.24, 2.45) is 17.4 Å². The van der Waals surface area contributed by atoms with Gasteiger partial charge in [0, 0.05) is 0 Å². The van der Waals surface area contributed by atoms with Gasteiger partial charge in [0.15, 0.2) is 5.78 Å². The zero-order valence-electron chi connectivity index (χ0n) is 18.9. The molecule has 1 aromatic carbocycles. The molecule has 0 aliphatic rings. The number of hydrogen-bond donors (Lipinski definition) is 4. The summed E-state index contributed by atoms with van der Waals surface area (Å²) in [5.41, 5.74) is 11.8. The predicted molar refractivity (Wildman–Crippen MR) is 116 cm³/mol. The van der Waals surface area contributed by atoms with Crippen LogP contribution in [0, 0.1) is 5.92 Å². The minimum absolute atomic E-state index is 0.0952. The van der Waals surface area contributed by atoms with Crippen LogP contribution < -0.4 is 16.8 Å². The second-order valence-corrected chi connectivity index (χ2v) is 8.94. The van der Waals surface area contributed by atoms with Crippen LogP contribution in [0.5, 0.6) is 5.75 Å². The van der Waals surface area contributed by atoms with Crippen LogP contribution in [0.4, 0.5) is 4.79 Å². The smallest absolute Gasteiger partial charge is 0.408 e. The Balaban J connectivity index is 2.86. The number of phenols is 1. The average molecular weight is 438 g/mol. The van der Waals surface area contributed by atoms with E-state index in [1.165, 1.54) is 12.1 Å². The van der Waals surface area contributed by atoms with Gasteiger partial charge in [0.05, 0.1) is 6.04 Å². The van der Waals surface area contributed by atoms with E-state index in [-0.39, 0.29) is 18.1 Å². The summed E-state index contributed by atoms with van der Waals surface area (Å²) in [5.74, 6) is -0.898. The van der Waals surface area contributed by atoms with Crippen LogP contribution in [0.3, 0.4) is 0 Å². The largest absolute Gasteiger partial charge is 0.508 e. The number of esters is 1. The van der Waals surface area contributed by atoms with Crippen molar-refractivity contribution >= 4 is 17.8 Å². The Kier molecular flexibility index (Phi) is 9.93. The van der Waals surface area contributed by atoms with E-state index in [1.807, 2.05) is 13.8 Å². The molecule has 0 aromatic heterocycles. The third kappa shape index (κ3) is 10.3. The molecule has 0 heterocycles. The summed E-state index contributed by atoms with van der Waals surface area (Å²) in [6, 6.07) is 3.25. The van der Waals surface area contributed by atoms with Crippen LogP contribution in [0.15, 0.2) is 24.3 Å². The number of benzene rings is 1. The molecule has 0 bridgehead atoms. The molecule has 9 nitrogen and oxygen atoms in total. The first-order valence-electron chi connectivity index (χ1n) is 10.3. The molecule has 0 saturated carbocycles. The van der Waals surface area contributed by atoms with E-state index >= 15 is 0 Å². The van der Waals surface area contributed by atoms with Gasteiger partial charge in [-0.15, -0.1) is 0 Å². The maximum Gasteiger partial charge on any atom is 0.408 e. The summed E-state index contributed by atoms with van der Waals surface area (Å²) in [4.78, 5) is 37.3. The Morgan fingerprint density at radius 2 is 1.65 bits per heavy atom. The van der Waals surface area contributed by atoms with E-state index in [1.54, 1.807) is 32.9 Å². The van der Waals surface area contributed by atoms with Crippen LogP contribution in [-0.4, -0.2) is 53.3 Å². The van der Waals surface area contributed by atoms with Gasteiger partial charge in [-0.1, -0.05) is 26.0 Å². The summed E-state index contributed by atoms with van der Waals surface area (Å²) in [7, 11) is 0. The quantitative estimate of drug-likeness (QED) is 0.403. The van der Waals surface area contributed by atoms with Gasteiger partial charge >= 0.3 is 12.1 Å². The maximum atomic E-state index is 12.9. The number of Topliss-reactive ketones (excluding diaryl/α,β-unsaturated/α-hetero) is 1. The molecule has 31 heavy (non-hydrogen) atoms. The Hall–Kier alpha value is -2.65. The highest BCUT2D eigenvalue weighted by Gasteiger charge is 2.30. The van der Waals surface area contributed by atoms with Gasteiger partial charge in [-0.05, 0) is 57.2 Å². The summed E-state index contributed by atoms with van der Waals surface area (Å²) in [6.07, 6.45) is -0.228. The molecular formula is C22H35N3O6. The number of amides is 1. The van der Waals surface area contributed by atoms with Crippen LogP contribution in [0.2, 0.25) is 0 Å². The normalized spacial score (nSPS) is 14.5. The van der Waals surface area contributed by atoms with Crippen molar-refractivity contribution in [3.63, 3.8) is 0 Å². The van der Waals surface area contributed by atoms with E-state index in [4.69, 9.17) is 20.9 Å². The molecule has 0 aliphatic carbocycles. The number of ether oxygens (including phenoxy) is 2. The highest BCUT2D eigenvalue weighted by molar-refractivity contribution is 5.92. The summed E-state index contributed by atoms with van der Waals surface area (Å²) >= 11 is 0. The number of ketones is 1. The fourth-order valence-electron chi connectivity index (χ4n) is 2.77. The molecule has 0 radical (unpaired) electrons. The lowest BCUT2D eigenvalue weighted by molar-refractivity contribution is -0.147. The van der Waals surface area contributed by atoms with Gasteiger partial charge in [0.25, 0.3) is 0 Å². The second-order valence-electron chi connectivity index (χ2n) is 8.94. The Labute approximate surface area is 183 Å². The van der Waals surface area contributed by atoms with E-state index in [0.29, 0.717) is 6.42 Å². The van der Waals surface area contributed by atoms with Crippen LogP contribution >= 0.6 is 0 Å². The van der Waals surface area contributed by atoms with E-state index in [0.717, 1.165) is 5.56 Å². The number of aromatic hydroxyl groups is 1. The number of carbonyl (C=O) groups excluding carboxylic acids is 3. The second kappa shape index (κ2) is 11.7.